The Balaban J connectivity index is 2.27. The van der Waals surface area contributed by atoms with Gasteiger partial charge in [-0.15, -0.1) is 11.6 Å². The largest absolute Gasteiger partial charge is 0.455 e. The molecule has 0 amide bonds. The molecule has 0 radical (unpaired) electrons. The van der Waals surface area contributed by atoms with Gasteiger partial charge in [0.15, 0.2) is 6.10 Å². The van der Waals surface area contributed by atoms with Crippen molar-refractivity contribution in [3.63, 3.8) is 0 Å². The molecule has 1 aliphatic heterocycles. The fourth-order valence-electron chi connectivity index (χ4n) is 1.54. The maximum atomic E-state index is 10.8. The van der Waals surface area contributed by atoms with Crippen LogP contribution in [0.15, 0.2) is 0 Å². The lowest BCUT2D eigenvalue weighted by Gasteiger charge is -2.26. The van der Waals surface area contributed by atoms with Gasteiger partial charge in [-0.1, -0.05) is 0 Å². The molecule has 2 atom stereocenters. The molecule has 70 valence electrons. The number of rotatable bonds is 2. The van der Waals surface area contributed by atoms with Crippen LogP contribution in [0.4, 0.5) is 0 Å². The SMILES string of the molecule is C[NH+]1CCC[C@H](OC(=O)CCl)C1. The van der Waals surface area contributed by atoms with Crippen molar-refractivity contribution in [2.24, 2.45) is 0 Å². The molecule has 1 aliphatic rings. The van der Waals surface area contributed by atoms with Crippen molar-refractivity contribution in [2.75, 3.05) is 26.0 Å². The fourth-order valence-corrected chi connectivity index (χ4v) is 1.61. The van der Waals surface area contributed by atoms with Gasteiger partial charge in [0.25, 0.3) is 0 Å². The molecule has 1 N–H and O–H groups in total. The number of piperidine rings is 1. The van der Waals surface area contributed by atoms with E-state index < -0.39 is 0 Å². The first-order valence-corrected chi connectivity index (χ1v) is 4.82. The highest BCUT2D eigenvalue weighted by Gasteiger charge is 2.22. The zero-order valence-corrected chi connectivity index (χ0v) is 8.06. The third kappa shape index (κ3) is 2.99. The van der Waals surface area contributed by atoms with Gasteiger partial charge < -0.3 is 9.64 Å². The van der Waals surface area contributed by atoms with Gasteiger partial charge in [0.2, 0.25) is 0 Å². The number of carbonyl (C=O) groups excluding carboxylic acids is 1. The number of ether oxygens (including phenoxy) is 1. The van der Waals surface area contributed by atoms with Crippen molar-refractivity contribution in [3.8, 4) is 0 Å². The van der Waals surface area contributed by atoms with Crippen molar-refractivity contribution in [3.05, 3.63) is 0 Å². The highest BCUT2D eigenvalue weighted by molar-refractivity contribution is 6.26. The van der Waals surface area contributed by atoms with Crippen LogP contribution in [0.3, 0.4) is 0 Å². The third-order valence-corrected chi connectivity index (χ3v) is 2.33. The molecule has 1 fully saturated rings. The maximum absolute atomic E-state index is 10.8. The number of hydrogen-bond acceptors (Lipinski definition) is 2. The number of carbonyl (C=O) groups is 1. The van der Waals surface area contributed by atoms with Crippen LogP contribution in [0.1, 0.15) is 12.8 Å². The summed E-state index contributed by atoms with van der Waals surface area (Å²) in [7, 11) is 2.11. The standard InChI is InChI=1S/C8H14ClNO2/c1-10-4-2-3-7(6-10)12-8(11)5-9/h7H,2-6H2,1H3/p+1/t7-/m0/s1. The van der Waals surface area contributed by atoms with E-state index in [-0.39, 0.29) is 18.0 Å². The molecule has 1 unspecified atom stereocenters. The molecule has 4 heteroatoms. The molecule has 0 aromatic carbocycles. The van der Waals surface area contributed by atoms with Gasteiger partial charge in [-0.3, -0.25) is 4.79 Å². The van der Waals surface area contributed by atoms with E-state index in [0.29, 0.717) is 0 Å². The normalized spacial score (nSPS) is 29.8. The molecule has 0 spiro atoms. The zero-order valence-electron chi connectivity index (χ0n) is 7.31. The molecule has 1 heterocycles. The number of quaternary nitrogens is 1. The summed E-state index contributed by atoms with van der Waals surface area (Å²) in [6.07, 6.45) is 2.21. The van der Waals surface area contributed by atoms with E-state index in [1.165, 1.54) is 11.4 Å². The van der Waals surface area contributed by atoms with E-state index >= 15 is 0 Å². The Morgan fingerprint density at radius 3 is 3.08 bits per heavy atom. The molecule has 12 heavy (non-hydrogen) atoms. The van der Waals surface area contributed by atoms with Crippen LogP contribution in [0.5, 0.6) is 0 Å². The van der Waals surface area contributed by atoms with Crippen LogP contribution < -0.4 is 4.90 Å². The van der Waals surface area contributed by atoms with Gasteiger partial charge in [-0.2, -0.15) is 0 Å². The molecule has 0 aliphatic carbocycles. The smallest absolute Gasteiger partial charge is 0.321 e. The summed E-state index contributed by atoms with van der Waals surface area (Å²) in [6, 6.07) is 0. The second-order valence-electron chi connectivity index (χ2n) is 3.30. The number of nitrogens with one attached hydrogen (secondary N) is 1. The summed E-state index contributed by atoms with van der Waals surface area (Å²) >= 11 is 5.33. The van der Waals surface area contributed by atoms with E-state index in [2.05, 4.69) is 7.05 Å². The van der Waals surface area contributed by atoms with Crippen molar-refractivity contribution in [2.45, 2.75) is 18.9 Å². The fraction of sp³-hybridized carbons (Fsp3) is 0.875. The lowest BCUT2D eigenvalue weighted by Crippen LogP contribution is -3.11. The molecule has 1 rings (SSSR count). The Hall–Kier alpha value is -0.280. The molecular formula is C8H15ClNO2+. The molecule has 1 saturated heterocycles. The minimum Gasteiger partial charge on any atom is -0.455 e. The Kier molecular flexibility index (Phi) is 3.82. The Labute approximate surface area is 77.6 Å². The Morgan fingerprint density at radius 2 is 2.50 bits per heavy atom. The summed E-state index contributed by atoms with van der Waals surface area (Å²) in [5.74, 6) is -0.327. The quantitative estimate of drug-likeness (QED) is 0.470. The monoisotopic (exact) mass is 192 g/mol. The highest BCUT2D eigenvalue weighted by atomic mass is 35.5. The lowest BCUT2D eigenvalue weighted by molar-refractivity contribution is -0.888. The van der Waals surface area contributed by atoms with E-state index in [0.717, 1.165) is 19.4 Å². The summed E-state index contributed by atoms with van der Waals surface area (Å²) in [4.78, 5) is 12.2. The van der Waals surface area contributed by atoms with Gasteiger partial charge in [-0.25, -0.2) is 0 Å². The van der Waals surface area contributed by atoms with Crippen LogP contribution >= 0.6 is 11.6 Å². The first-order valence-electron chi connectivity index (χ1n) is 4.29. The first-order chi connectivity index (χ1) is 5.72. The van der Waals surface area contributed by atoms with Crippen molar-refractivity contribution >= 4 is 17.6 Å². The van der Waals surface area contributed by atoms with Crippen molar-refractivity contribution in [1.82, 2.24) is 0 Å². The second-order valence-corrected chi connectivity index (χ2v) is 3.57. The topological polar surface area (TPSA) is 30.7 Å². The van der Waals surface area contributed by atoms with Crippen LogP contribution in [-0.4, -0.2) is 38.1 Å². The van der Waals surface area contributed by atoms with Crippen LogP contribution in [0, 0.1) is 0 Å². The van der Waals surface area contributed by atoms with E-state index in [4.69, 9.17) is 16.3 Å². The molecule has 0 bridgehead atoms. The predicted molar refractivity (Wildman–Crippen MR) is 46.5 cm³/mol. The summed E-state index contributed by atoms with van der Waals surface area (Å²) < 4.78 is 5.12. The zero-order chi connectivity index (χ0) is 8.97. The van der Waals surface area contributed by atoms with Crippen molar-refractivity contribution in [1.29, 1.82) is 0 Å². The van der Waals surface area contributed by atoms with Crippen LogP contribution in [0.2, 0.25) is 0 Å². The molecule has 0 saturated carbocycles. The Bertz CT molecular complexity index is 163. The number of likely N-dealkylation sites (tertiary alicyclic amines) is 1. The average molecular weight is 193 g/mol. The van der Waals surface area contributed by atoms with E-state index in [1.54, 1.807) is 0 Å². The third-order valence-electron chi connectivity index (χ3n) is 2.11. The number of likely N-dealkylation sites (N-methyl/N-ethyl adjacent to an activating group) is 1. The molecular weight excluding hydrogens is 178 g/mol. The molecule has 3 nitrogen and oxygen atoms in total. The van der Waals surface area contributed by atoms with Crippen LogP contribution in [-0.2, 0) is 9.53 Å². The number of hydrogen-bond donors (Lipinski definition) is 1. The summed E-state index contributed by atoms with van der Waals surface area (Å²) in [5.41, 5.74) is 0. The van der Waals surface area contributed by atoms with Crippen molar-refractivity contribution < 1.29 is 14.4 Å². The second kappa shape index (κ2) is 4.67. The van der Waals surface area contributed by atoms with Gasteiger partial charge in [0.05, 0.1) is 13.6 Å². The molecule has 0 aromatic heterocycles. The summed E-state index contributed by atoms with van der Waals surface area (Å²) in [5, 5.41) is 0. The summed E-state index contributed by atoms with van der Waals surface area (Å²) in [6.45, 7) is 2.09. The minimum atomic E-state index is -0.295. The predicted octanol–water partition coefficient (Wildman–Crippen LogP) is -0.554. The average Bonchev–Trinajstić information content (AvgIpc) is 2.04. The number of esters is 1. The number of alkyl halides is 1. The van der Waals surface area contributed by atoms with E-state index in [9.17, 15) is 4.79 Å². The highest BCUT2D eigenvalue weighted by Crippen LogP contribution is 2.03. The Morgan fingerprint density at radius 1 is 1.75 bits per heavy atom. The lowest BCUT2D eigenvalue weighted by atomic mass is 10.1. The van der Waals surface area contributed by atoms with Gasteiger partial charge in [0.1, 0.15) is 12.4 Å². The maximum Gasteiger partial charge on any atom is 0.321 e. The van der Waals surface area contributed by atoms with E-state index in [1.807, 2.05) is 0 Å². The number of halogens is 1. The van der Waals surface area contributed by atoms with Gasteiger partial charge >= 0.3 is 5.97 Å². The molecule has 0 aromatic rings. The first kappa shape index (κ1) is 9.81. The van der Waals surface area contributed by atoms with Crippen LogP contribution in [0.25, 0.3) is 0 Å². The van der Waals surface area contributed by atoms with Gasteiger partial charge in [0, 0.05) is 6.42 Å². The minimum absolute atomic E-state index is 0.0322. The van der Waals surface area contributed by atoms with Gasteiger partial charge in [-0.05, 0) is 6.42 Å².